The number of phenolic OH excluding ortho intramolecular Hbond substituents is 1. The molecule has 0 unspecified atom stereocenters. The molecule has 0 saturated carbocycles. The normalized spacial score (nSPS) is 9.50. The second-order valence-electron chi connectivity index (χ2n) is 2.65. The van der Waals surface area contributed by atoms with Crippen LogP contribution in [0.15, 0.2) is 24.3 Å². The molecule has 0 aliphatic carbocycles. The number of Topliss-reactive ketones (excluding diaryl/α,β-unsaturated/α-hetero) is 1. The lowest BCUT2D eigenvalue weighted by atomic mass is 10.1. The average Bonchev–Trinajstić information content (AvgIpc) is 2.20. The second-order valence-corrected chi connectivity index (χ2v) is 2.65. The Balaban J connectivity index is 2.65. The zero-order valence-electron chi connectivity index (χ0n) is 7.14. The molecule has 0 saturated heterocycles. The summed E-state index contributed by atoms with van der Waals surface area (Å²) in [6.45, 7) is 0. The summed E-state index contributed by atoms with van der Waals surface area (Å²) in [5.41, 5.74) is 0.554. The largest absolute Gasteiger partial charge is 0.508 e. The van der Waals surface area contributed by atoms with E-state index in [0.717, 1.165) is 0 Å². The molecule has 0 fully saturated rings. The van der Waals surface area contributed by atoms with E-state index < -0.39 is 11.8 Å². The number of carbonyl (C=O) groups excluding carboxylic acids is 2. The number of rotatable bonds is 3. The molecule has 5 heteroatoms. The van der Waals surface area contributed by atoms with E-state index in [-0.39, 0.29) is 12.2 Å². The van der Waals surface area contributed by atoms with Crippen molar-refractivity contribution in [1.82, 2.24) is 0 Å². The molecule has 0 bridgehead atoms. The Morgan fingerprint density at radius 1 is 1.21 bits per heavy atom. The first-order valence-electron chi connectivity index (χ1n) is 3.80. The average molecular weight is 196 g/mol. The van der Waals surface area contributed by atoms with Crippen molar-refractivity contribution in [3.63, 3.8) is 0 Å². The van der Waals surface area contributed by atoms with Crippen LogP contribution in [0.1, 0.15) is 5.56 Å². The minimum atomic E-state index is -1.29. The highest BCUT2D eigenvalue weighted by atomic mass is 17.1. The van der Waals surface area contributed by atoms with Crippen LogP contribution in [0.5, 0.6) is 5.75 Å². The lowest BCUT2D eigenvalue weighted by Gasteiger charge is -1.98. The number of ketones is 1. The van der Waals surface area contributed by atoms with Crippen molar-refractivity contribution < 1.29 is 24.8 Å². The Labute approximate surface area is 79.5 Å². The van der Waals surface area contributed by atoms with Gasteiger partial charge in [0.1, 0.15) is 5.75 Å². The molecule has 0 aliphatic rings. The van der Waals surface area contributed by atoms with Crippen molar-refractivity contribution in [1.29, 1.82) is 0 Å². The van der Waals surface area contributed by atoms with Gasteiger partial charge in [-0.1, -0.05) is 12.1 Å². The van der Waals surface area contributed by atoms with Gasteiger partial charge in [0.05, 0.1) is 0 Å². The highest BCUT2D eigenvalue weighted by Crippen LogP contribution is 2.10. The molecule has 0 aromatic heterocycles. The van der Waals surface area contributed by atoms with E-state index in [0.29, 0.717) is 5.56 Å². The van der Waals surface area contributed by atoms with Gasteiger partial charge in [0.2, 0.25) is 5.78 Å². The van der Waals surface area contributed by atoms with Gasteiger partial charge < -0.3 is 5.11 Å². The van der Waals surface area contributed by atoms with E-state index in [4.69, 9.17) is 10.4 Å². The summed E-state index contributed by atoms with van der Waals surface area (Å²) in [6, 6.07) is 5.79. The molecule has 1 aromatic carbocycles. The molecule has 14 heavy (non-hydrogen) atoms. The van der Waals surface area contributed by atoms with Crippen LogP contribution >= 0.6 is 0 Å². The third-order valence-electron chi connectivity index (χ3n) is 1.61. The quantitative estimate of drug-likeness (QED) is 0.418. The number of phenols is 1. The van der Waals surface area contributed by atoms with Gasteiger partial charge in [-0.15, -0.1) is 0 Å². The Morgan fingerprint density at radius 2 is 1.79 bits per heavy atom. The van der Waals surface area contributed by atoms with Crippen molar-refractivity contribution in [3.8, 4) is 5.75 Å². The lowest BCUT2D eigenvalue weighted by Crippen LogP contribution is -2.17. The Bertz CT molecular complexity index is 341. The molecule has 1 aromatic rings. The van der Waals surface area contributed by atoms with Crippen LogP contribution < -0.4 is 0 Å². The first-order chi connectivity index (χ1) is 6.63. The monoisotopic (exact) mass is 196 g/mol. The maximum Gasteiger partial charge on any atom is 0.408 e. The summed E-state index contributed by atoms with van der Waals surface area (Å²) >= 11 is 0. The van der Waals surface area contributed by atoms with Gasteiger partial charge in [-0.2, -0.15) is 5.26 Å². The topological polar surface area (TPSA) is 83.8 Å². The first-order valence-corrected chi connectivity index (χ1v) is 3.80. The van der Waals surface area contributed by atoms with E-state index in [9.17, 15) is 9.59 Å². The van der Waals surface area contributed by atoms with Crippen molar-refractivity contribution in [2.45, 2.75) is 6.42 Å². The molecular formula is C9H8O5. The fourth-order valence-electron chi connectivity index (χ4n) is 0.922. The van der Waals surface area contributed by atoms with Crippen molar-refractivity contribution in [2.75, 3.05) is 0 Å². The fraction of sp³-hybridized carbons (Fsp3) is 0.111. The van der Waals surface area contributed by atoms with Crippen LogP contribution in [0, 0.1) is 0 Å². The van der Waals surface area contributed by atoms with Gasteiger partial charge in [-0.25, -0.2) is 4.79 Å². The van der Waals surface area contributed by atoms with Crippen LogP contribution in [-0.2, 0) is 20.9 Å². The van der Waals surface area contributed by atoms with Gasteiger partial charge in [-0.3, -0.25) is 9.68 Å². The van der Waals surface area contributed by atoms with Crippen LogP contribution in [0.25, 0.3) is 0 Å². The minimum Gasteiger partial charge on any atom is -0.508 e. The molecule has 5 nitrogen and oxygen atoms in total. The summed E-state index contributed by atoms with van der Waals surface area (Å²) in [5.74, 6) is -2.07. The van der Waals surface area contributed by atoms with Gasteiger partial charge >= 0.3 is 5.97 Å². The molecule has 0 aliphatic heterocycles. The molecular weight excluding hydrogens is 188 g/mol. The van der Waals surface area contributed by atoms with E-state index in [1.165, 1.54) is 24.3 Å². The first kappa shape index (κ1) is 10.2. The van der Waals surface area contributed by atoms with Crippen molar-refractivity contribution >= 4 is 11.8 Å². The van der Waals surface area contributed by atoms with Crippen LogP contribution in [0.2, 0.25) is 0 Å². The SMILES string of the molecule is O=C(Cc1ccc(O)cc1)C(=O)OO. The number of aromatic hydroxyl groups is 1. The van der Waals surface area contributed by atoms with Gasteiger partial charge in [0.15, 0.2) is 0 Å². The number of carbonyl (C=O) groups is 2. The van der Waals surface area contributed by atoms with Crippen molar-refractivity contribution in [2.24, 2.45) is 0 Å². The predicted molar refractivity (Wildman–Crippen MR) is 45.5 cm³/mol. The fourth-order valence-corrected chi connectivity index (χ4v) is 0.922. The van der Waals surface area contributed by atoms with Crippen LogP contribution in [0.4, 0.5) is 0 Å². The Kier molecular flexibility index (Phi) is 3.19. The standard InChI is InChI=1S/C9H8O5/c10-7-3-1-6(2-4-7)5-8(11)9(12)14-13/h1-4,10,13H,5H2. The smallest absolute Gasteiger partial charge is 0.408 e. The van der Waals surface area contributed by atoms with E-state index >= 15 is 0 Å². The molecule has 1 rings (SSSR count). The van der Waals surface area contributed by atoms with E-state index in [1.807, 2.05) is 0 Å². The molecule has 0 radical (unpaired) electrons. The summed E-state index contributed by atoms with van der Waals surface area (Å²) in [7, 11) is 0. The number of hydrogen-bond donors (Lipinski definition) is 2. The van der Waals surface area contributed by atoms with Crippen LogP contribution in [0.3, 0.4) is 0 Å². The molecule has 0 heterocycles. The molecule has 0 spiro atoms. The predicted octanol–water partition coefficient (Wildman–Crippen LogP) is 0.520. The molecule has 74 valence electrons. The zero-order valence-corrected chi connectivity index (χ0v) is 7.14. The summed E-state index contributed by atoms with van der Waals surface area (Å²) < 4.78 is 0. The van der Waals surface area contributed by atoms with Gasteiger partial charge in [0, 0.05) is 6.42 Å². The number of benzene rings is 1. The summed E-state index contributed by atoms with van der Waals surface area (Å²) in [4.78, 5) is 24.7. The highest BCUT2D eigenvalue weighted by Gasteiger charge is 2.15. The maximum atomic E-state index is 10.9. The molecule has 0 atom stereocenters. The molecule has 0 amide bonds. The van der Waals surface area contributed by atoms with Gasteiger partial charge in [0.25, 0.3) is 0 Å². The summed E-state index contributed by atoms with van der Waals surface area (Å²) in [5, 5.41) is 16.8. The lowest BCUT2D eigenvalue weighted by molar-refractivity contribution is -0.232. The van der Waals surface area contributed by atoms with E-state index in [1.54, 1.807) is 0 Å². The number of hydrogen-bond acceptors (Lipinski definition) is 5. The minimum absolute atomic E-state index is 0.0749. The van der Waals surface area contributed by atoms with Crippen LogP contribution in [-0.4, -0.2) is 22.1 Å². The third-order valence-corrected chi connectivity index (χ3v) is 1.61. The van der Waals surface area contributed by atoms with Gasteiger partial charge in [-0.05, 0) is 17.7 Å². The summed E-state index contributed by atoms with van der Waals surface area (Å²) in [6.07, 6.45) is -0.167. The zero-order chi connectivity index (χ0) is 10.6. The molecule has 2 N–H and O–H groups in total. The second kappa shape index (κ2) is 4.38. The van der Waals surface area contributed by atoms with E-state index in [2.05, 4.69) is 4.89 Å². The van der Waals surface area contributed by atoms with Crippen molar-refractivity contribution in [3.05, 3.63) is 29.8 Å². The third kappa shape index (κ3) is 2.56. The highest BCUT2D eigenvalue weighted by molar-refractivity contribution is 6.33. The Hall–Kier alpha value is -1.88. The Morgan fingerprint density at radius 3 is 2.29 bits per heavy atom. The maximum absolute atomic E-state index is 10.9.